The van der Waals surface area contributed by atoms with Gasteiger partial charge in [0.25, 0.3) is 0 Å². The lowest BCUT2D eigenvalue weighted by Crippen LogP contribution is -1.90. The predicted octanol–water partition coefficient (Wildman–Crippen LogP) is 4.56. The molecule has 0 aliphatic heterocycles. The van der Waals surface area contributed by atoms with Gasteiger partial charge in [-0.2, -0.15) is 0 Å². The van der Waals surface area contributed by atoms with Gasteiger partial charge in [-0.1, -0.05) is 43.7 Å². The van der Waals surface area contributed by atoms with Crippen molar-refractivity contribution in [2.24, 2.45) is 0 Å². The van der Waals surface area contributed by atoms with Crippen molar-refractivity contribution in [3.63, 3.8) is 0 Å². The molecule has 0 saturated carbocycles. The predicted molar refractivity (Wildman–Crippen MR) is 67.0 cm³/mol. The fourth-order valence-corrected chi connectivity index (χ4v) is 2.02. The highest BCUT2D eigenvalue weighted by molar-refractivity contribution is 14.1. The maximum absolute atomic E-state index is 2.49. The second-order valence-electron chi connectivity index (χ2n) is 3.19. The van der Waals surface area contributed by atoms with Crippen LogP contribution in [0.3, 0.4) is 0 Å². The fraction of sp³-hybridized carbons (Fsp3) is 0.417. The molecular formula is C12H16I+. The minimum atomic E-state index is 0.574. The van der Waals surface area contributed by atoms with E-state index in [9.17, 15) is 0 Å². The van der Waals surface area contributed by atoms with Gasteiger partial charge in [-0.15, -0.1) is 0 Å². The average Bonchev–Trinajstić information content (AvgIpc) is 2.19. The van der Waals surface area contributed by atoms with E-state index in [4.69, 9.17) is 0 Å². The Morgan fingerprint density at radius 2 is 2.00 bits per heavy atom. The number of alkyl halides is 1. The molecule has 0 fully saturated rings. The lowest BCUT2D eigenvalue weighted by Gasteiger charge is -2.00. The fourth-order valence-electron chi connectivity index (χ4n) is 1.24. The van der Waals surface area contributed by atoms with Gasteiger partial charge in [0.05, 0.1) is 12.8 Å². The zero-order valence-electron chi connectivity index (χ0n) is 8.04. The lowest BCUT2D eigenvalue weighted by atomic mass is 10.1. The van der Waals surface area contributed by atoms with Crippen molar-refractivity contribution < 1.29 is 0 Å². The van der Waals surface area contributed by atoms with Crippen molar-refractivity contribution >= 4 is 22.6 Å². The third-order valence-corrected chi connectivity index (χ3v) is 3.28. The Labute approximate surface area is 94.9 Å². The molecule has 0 amide bonds. The maximum Gasteiger partial charge on any atom is 0.172 e. The number of hydrogen-bond donors (Lipinski definition) is 0. The standard InChI is InChI=1S/C12H16I/c1-2-3-5-10-12(13)11-8-6-4-7-9-11/h4,6-10,12H,2-3,5H2,1H3/q+1. The van der Waals surface area contributed by atoms with Crippen LogP contribution in [-0.2, 0) is 0 Å². The number of unbranched alkanes of at least 4 members (excludes halogenated alkanes) is 2. The molecule has 1 atom stereocenters. The van der Waals surface area contributed by atoms with E-state index in [1.54, 1.807) is 0 Å². The normalized spacial score (nSPS) is 12.5. The Morgan fingerprint density at radius 1 is 1.31 bits per heavy atom. The van der Waals surface area contributed by atoms with Crippen LogP contribution in [0, 0.1) is 6.42 Å². The van der Waals surface area contributed by atoms with Crippen molar-refractivity contribution in [2.75, 3.05) is 0 Å². The number of benzene rings is 1. The Bertz CT molecular complexity index is 218. The van der Waals surface area contributed by atoms with Crippen molar-refractivity contribution in [1.29, 1.82) is 0 Å². The van der Waals surface area contributed by atoms with E-state index in [1.165, 1.54) is 24.8 Å². The first-order valence-corrected chi connectivity index (χ1v) is 6.11. The molecule has 0 radical (unpaired) electrons. The highest BCUT2D eigenvalue weighted by atomic mass is 127. The van der Waals surface area contributed by atoms with Crippen LogP contribution in [0.5, 0.6) is 0 Å². The van der Waals surface area contributed by atoms with E-state index < -0.39 is 0 Å². The molecule has 1 unspecified atom stereocenters. The van der Waals surface area contributed by atoms with Gasteiger partial charge in [-0.25, -0.2) is 0 Å². The third kappa shape index (κ3) is 4.03. The first-order valence-electron chi connectivity index (χ1n) is 4.87. The van der Waals surface area contributed by atoms with Crippen molar-refractivity contribution in [1.82, 2.24) is 0 Å². The van der Waals surface area contributed by atoms with Gasteiger partial charge in [-0.3, -0.25) is 0 Å². The van der Waals surface area contributed by atoms with Crippen LogP contribution < -0.4 is 0 Å². The van der Waals surface area contributed by atoms with E-state index in [0.29, 0.717) is 3.92 Å². The molecule has 0 N–H and O–H groups in total. The molecule has 1 rings (SSSR count). The largest absolute Gasteiger partial charge is 0.172 e. The number of halogens is 1. The molecule has 1 heteroatoms. The van der Waals surface area contributed by atoms with Crippen LogP contribution in [0.1, 0.15) is 35.7 Å². The molecule has 0 heterocycles. The van der Waals surface area contributed by atoms with Crippen LogP contribution in [0.4, 0.5) is 0 Å². The van der Waals surface area contributed by atoms with Crippen LogP contribution in [0.2, 0.25) is 0 Å². The van der Waals surface area contributed by atoms with Gasteiger partial charge in [-0.05, 0) is 29.0 Å². The number of hydrogen-bond acceptors (Lipinski definition) is 0. The van der Waals surface area contributed by atoms with Gasteiger partial charge in [0, 0.05) is 5.56 Å². The van der Waals surface area contributed by atoms with Gasteiger partial charge in [0.2, 0.25) is 0 Å². The summed E-state index contributed by atoms with van der Waals surface area (Å²) in [6, 6.07) is 10.7. The Morgan fingerprint density at radius 3 is 2.62 bits per heavy atom. The summed E-state index contributed by atoms with van der Waals surface area (Å²) < 4.78 is 0.574. The summed E-state index contributed by atoms with van der Waals surface area (Å²) in [5, 5.41) is 0. The molecule has 0 saturated heterocycles. The van der Waals surface area contributed by atoms with Gasteiger partial charge < -0.3 is 0 Å². The first-order chi connectivity index (χ1) is 6.34. The van der Waals surface area contributed by atoms with E-state index in [2.05, 4.69) is 66.3 Å². The van der Waals surface area contributed by atoms with Crippen molar-refractivity contribution in [2.45, 2.75) is 30.1 Å². The second kappa shape index (κ2) is 6.30. The van der Waals surface area contributed by atoms with E-state index in [0.717, 1.165) is 0 Å². The topological polar surface area (TPSA) is 0 Å². The number of rotatable bonds is 5. The summed E-state index contributed by atoms with van der Waals surface area (Å²) in [5.41, 5.74) is 1.42. The summed E-state index contributed by atoms with van der Waals surface area (Å²) in [7, 11) is 0. The molecule has 13 heavy (non-hydrogen) atoms. The zero-order valence-corrected chi connectivity index (χ0v) is 10.2. The van der Waals surface area contributed by atoms with Crippen LogP contribution in [0.15, 0.2) is 30.3 Å². The highest BCUT2D eigenvalue weighted by Gasteiger charge is 2.13. The van der Waals surface area contributed by atoms with Gasteiger partial charge in [0.15, 0.2) is 3.92 Å². The van der Waals surface area contributed by atoms with E-state index >= 15 is 0 Å². The third-order valence-electron chi connectivity index (χ3n) is 2.05. The summed E-state index contributed by atoms with van der Waals surface area (Å²) in [4.78, 5) is 0. The first kappa shape index (κ1) is 10.9. The Hall–Kier alpha value is -0.180. The molecule has 0 bridgehead atoms. The van der Waals surface area contributed by atoms with E-state index in [-0.39, 0.29) is 0 Å². The zero-order chi connectivity index (χ0) is 9.52. The summed E-state index contributed by atoms with van der Waals surface area (Å²) in [5.74, 6) is 0. The van der Waals surface area contributed by atoms with Crippen molar-refractivity contribution in [3.05, 3.63) is 42.3 Å². The minimum Gasteiger partial charge on any atom is -0.0652 e. The smallest absolute Gasteiger partial charge is 0.0652 e. The molecule has 1 aromatic rings. The molecule has 70 valence electrons. The lowest BCUT2D eigenvalue weighted by molar-refractivity contribution is 0.768. The Balaban J connectivity index is 2.35. The maximum atomic E-state index is 2.49. The molecule has 0 aliphatic carbocycles. The molecule has 0 aromatic heterocycles. The molecule has 0 spiro atoms. The Kier molecular flexibility index (Phi) is 5.28. The van der Waals surface area contributed by atoms with Crippen LogP contribution >= 0.6 is 22.6 Å². The van der Waals surface area contributed by atoms with E-state index in [1.807, 2.05) is 0 Å². The highest BCUT2D eigenvalue weighted by Crippen LogP contribution is 2.27. The average molecular weight is 287 g/mol. The summed E-state index contributed by atoms with van der Waals surface area (Å²) in [6.45, 7) is 2.23. The summed E-state index contributed by atoms with van der Waals surface area (Å²) >= 11 is 2.49. The van der Waals surface area contributed by atoms with Gasteiger partial charge >= 0.3 is 0 Å². The quantitative estimate of drug-likeness (QED) is 0.322. The molecular weight excluding hydrogens is 271 g/mol. The second-order valence-corrected chi connectivity index (χ2v) is 4.53. The van der Waals surface area contributed by atoms with Crippen LogP contribution in [0.25, 0.3) is 0 Å². The van der Waals surface area contributed by atoms with Crippen LogP contribution in [-0.4, -0.2) is 0 Å². The molecule has 1 aromatic carbocycles. The van der Waals surface area contributed by atoms with Gasteiger partial charge in [0.1, 0.15) is 0 Å². The molecule has 0 aliphatic rings. The SMILES string of the molecule is CCCC[CH+]C(I)c1ccccc1. The summed E-state index contributed by atoms with van der Waals surface area (Å²) in [6.07, 6.45) is 6.24. The monoisotopic (exact) mass is 287 g/mol. The van der Waals surface area contributed by atoms with Crippen molar-refractivity contribution in [3.8, 4) is 0 Å². The minimum absolute atomic E-state index is 0.574. The molecule has 0 nitrogen and oxygen atoms in total.